The summed E-state index contributed by atoms with van der Waals surface area (Å²) < 4.78 is 0. The number of benzene rings is 1. The SMILES string of the molecule is CC(C)O/N=C(\CCN1CCN(c2ccccn2)CC1)c1ccccc1. The highest BCUT2D eigenvalue weighted by Crippen LogP contribution is 2.13. The van der Waals surface area contributed by atoms with Gasteiger partial charge in [0.2, 0.25) is 0 Å². The van der Waals surface area contributed by atoms with Crippen molar-refractivity contribution in [2.45, 2.75) is 26.4 Å². The normalized spacial score (nSPS) is 16.1. The van der Waals surface area contributed by atoms with Crippen LogP contribution >= 0.6 is 0 Å². The Bertz CT molecular complexity index is 680. The Hall–Kier alpha value is -2.40. The molecule has 2 aromatic rings. The molecule has 1 aliphatic rings. The molecular formula is C21H28N4O. The van der Waals surface area contributed by atoms with Crippen LogP contribution in [0, 0.1) is 0 Å². The molecule has 1 aromatic carbocycles. The molecule has 138 valence electrons. The van der Waals surface area contributed by atoms with Gasteiger partial charge in [-0.15, -0.1) is 0 Å². The van der Waals surface area contributed by atoms with Gasteiger partial charge in [0.05, 0.1) is 5.71 Å². The van der Waals surface area contributed by atoms with Gasteiger partial charge in [0, 0.05) is 45.3 Å². The van der Waals surface area contributed by atoms with Gasteiger partial charge in [-0.05, 0) is 31.5 Å². The van der Waals surface area contributed by atoms with E-state index in [9.17, 15) is 0 Å². The Kier molecular flexibility index (Phi) is 6.61. The first-order valence-corrected chi connectivity index (χ1v) is 9.39. The molecule has 1 fully saturated rings. The third-order valence-electron chi connectivity index (χ3n) is 4.49. The molecular weight excluding hydrogens is 324 g/mol. The van der Waals surface area contributed by atoms with Crippen LogP contribution in [0.3, 0.4) is 0 Å². The summed E-state index contributed by atoms with van der Waals surface area (Å²) in [6.07, 6.45) is 2.84. The van der Waals surface area contributed by atoms with Crippen molar-refractivity contribution in [3.05, 3.63) is 60.3 Å². The van der Waals surface area contributed by atoms with Gasteiger partial charge in [-0.25, -0.2) is 4.98 Å². The van der Waals surface area contributed by atoms with E-state index in [0.29, 0.717) is 0 Å². The van der Waals surface area contributed by atoms with Crippen molar-refractivity contribution >= 4 is 11.5 Å². The summed E-state index contributed by atoms with van der Waals surface area (Å²) in [7, 11) is 0. The van der Waals surface area contributed by atoms with E-state index < -0.39 is 0 Å². The Balaban J connectivity index is 1.54. The van der Waals surface area contributed by atoms with E-state index in [1.54, 1.807) is 0 Å². The van der Waals surface area contributed by atoms with Crippen molar-refractivity contribution in [1.82, 2.24) is 9.88 Å². The quantitative estimate of drug-likeness (QED) is 0.565. The Labute approximate surface area is 156 Å². The minimum absolute atomic E-state index is 0.0932. The van der Waals surface area contributed by atoms with E-state index >= 15 is 0 Å². The molecule has 1 aromatic heterocycles. The molecule has 0 bridgehead atoms. The zero-order valence-electron chi connectivity index (χ0n) is 15.7. The number of nitrogens with zero attached hydrogens (tertiary/aromatic N) is 4. The topological polar surface area (TPSA) is 41.0 Å². The fourth-order valence-electron chi connectivity index (χ4n) is 3.05. The fraction of sp³-hybridized carbons (Fsp3) is 0.429. The first-order chi connectivity index (χ1) is 12.7. The van der Waals surface area contributed by atoms with Crippen LogP contribution in [0.15, 0.2) is 59.9 Å². The van der Waals surface area contributed by atoms with Gasteiger partial charge in [0.15, 0.2) is 0 Å². The molecule has 0 amide bonds. The second-order valence-corrected chi connectivity index (χ2v) is 6.82. The molecule has 5 nitrogen and oxygen atoms in total. The maximum Gasteiger partial charge on any atom is 0.128 e. The number of pyridine rings is 1. The van der Waals surface area contributed by atoms with Gasteiger partial charge in [0.1, 0.15) is 11.9 Å². The molecule has 3 rings (SSSR count). The molecule has 0 saturated carbocycles. The van der Waals surface area contributed by atoms with Gasteiger partial charge in [0.25, 0.3) is 0 Å². The number of hydrogen-bond acceptors (Lipinski definition) is 5. The van der Waals surface area contributed by atoms with E-state index in [1.807, 2.05) is 50.4 Å². The van der Waals surface area contributed by atoms with Crippen LogP contribution in [0.25, 0.3) is 0 Å². The Morgan fingerprint density at radius 3 is 2.42 bits per heavy atom. The van der Waals surface area contributed by atoms with E-state index in [2.05, 4.69) is 38.1 Å². The van der Waals surface area contributed by atoms with Crippen LogP contribution in [-0.4, -0.2) is 54.4 Å². The summed E-state index contributed by atoms with van der Waals surface area (Å²) in [4.78, 5) is 14.8. The molecule has 0 aliphatic carbocycles. The highest BCUT2D eigenvalue weighted by Gasteiger charge is 2.18. The monoisotopic (exact) mass is 352 g/mol. The summed E-state index contributed by atoms with van der Waals surface area (Å²) in [5.74, 6) is 1.07. The van der Waals surface area contributed by atoms with Crippen molar-refractivity contribution in [1.29, 1.82) is 0 Å². The maximum atomic E-state index is 5.53. The average Bonchev–Trinajstić information content (AvgIpc) is 2.69. The van der Waals surface area contributed by atoms with E-state index in [-0.39, 0.29) is 6.10 Å². The first kappa shape index (κ1) is 18.4. The van der Waals surface area contributed by atoms with Crippen LogP contribution in [-0.2, 0) is 4.84 Å². The zero-order chi connectivity index (χ0) is 18.2. The van der Waals surface area contributed by atoms with Crippen molar-refractivity contribution in [2.24, 2.45) is 5.16 Å². The lowest BCUT2D eigenvalue weighted by Crippen LogP contribution is -2.47. The summed E-state index contributed by atoms with van der Waals surface area (Å²) in [6, 6.07) is 16.4. The van der Waals surface area contributed by atoms with E-state index in [0.717, 1.165) is 56.2 Å². The molecule has 26 heavy (non-hydrogen) atoms. The van der Waals surface area contributed by atoms with E-state index in [1.165, 1.54) is 0 Å². The fourth-order valence-corrected chi connectivity index (χ4v) is 3.05. The number of oxime groups is 1. The van der Waals surface area contributed by atoms with Crippen molar-refractivity contribution in [3.8, 4) is 0 Å². The first-order valence-electron chi connectivity index (χ1n) is 9.39. The predicted molar refractivity (Wildman–Crippen MR) is 107 cm³/mol. The number of hydrogen-bond donors (Lipinski definition) is 0. The minimum Gasteiger partial charge on any atom is -0.393 e. The molecule has 1 saturated heterocycles. The summed E-state index contributed by atoms with van der Waals surface area (Å²) in [6.45, 7) is 9.11. The average molecular weight is 352 g/mol. The summed E-state index contributed by atoms with van der Waals surface area (Å²) in [5, 5.41) is 4.41. The number of piperazine rings is 1. The third kappa shape index (κ3) is 5.30. The van der Waals surface area contributed by atoms with Crippen LogP contribution in [0.4, 0.5) is 5.82 Å². The lowest BCUT2D eigenvalue weighted by atomic mass is 10.1. The van der Waals surface area contributed by atoms with Crippen molar-refractivity contribution < 1.29 is 4.84 Å². The number of rotatable bonds is 7. The lowest BCUT2D eigenvalue weighted by molar-refractivity contribution is 0.0854. The minimum atomic E-state index is 0.0932. The van der Waals surface area contributed by atoms with Crippen molar-refractivity contribution in [3.63, 3.8) is 0 Å². The second-order valence-electron chi connectivity index (χ2n) is 6.82. The van der Waals surface area contributed by atoms with E-state index in [4.69, 9.17) is 4.84 Å². The van der Waals surface area contributed by atoms with Gasteiger partial charge >= 0.3 is 0 Å². The molecule has 0 unspecified atom stereocenters. The third-order valence-corrected chi connectivity index (χ3v) is 4.49. The van der Waals surface area contributed by atoms with Gasteiger partial charge in [-0.1, -0.05) is 41.6 Å². The molecule has 0 atom stereocenters. The van der Waals surface area contributed by atoms with Crippen LogP contribution in [0.2, 0.25) is 0 Å². The highest BCUT2D eigenvalue weighted by atomic mass is 16.6. The zero-order valence-corrected chi connectivity index (χ0v) is 15.7. The predicted octanol–water partition coefficient (Wildman–Crippen LogP) is 3.42. The number of aromatic nitrogens is 1. The van der Waals surface area contributed by atoms with Crippen LogP contribution in [0.5, 0.6) is 0 Å². The van der Waals surface area contributed by atoms with Gasteiger partial charge in [-0.3, -0.25) is 4.90 Å². The smallest absolute Gasteiger partial charge is 0.128 e. The van der Waals surface area contributed by atoms with Gasteiger partial charge < -0.3 is 9.74 Å². The standard InChI is InChI=1S/C21H28N4O/c1-18(2)26-23-20(19-8-4-3-5-9-19)11-13-24-14-16-25(17-15-24)21-10-6-7-12-22-21/h3-10,12,18H,11,13-17H2,1-2H3/b23-20+. The van der Waals surface area contributed by atoms with Crippen molar-refractivity contribution in [2.75, 3.05) is 37.6 Å². The molecule has 1 aliphatic heterocycles. The van der Waals surface area contributed by atoms with Gasteiger partial charge in [-0.2, -0.15) is 0 Å². The molecule has 5 heteroatoms. The molecule has 0 N–H and O–H groups in total. The molecule has 2 heterocycles. The number of anilines is 1. The van der Waals surface area contributed by atoms with Crippen LogP contribution < -0.4 is 4.90 Å². The largest absolute Gasteiger partial charge is 0.393 e. The maximum absolute atomic E-state index is 5.53. The summed E-state index contributed by atoms with van der Waals surface area (Å²) in [5.41, 5.74) is 2.16. The summed E-state index contributed by atoms with van der Waals surface area (Å²) >= 11 is 0. The Morgan fingerprint density at radius 2 is 1.77 bits per heavy atom. The lowest BCUT2D eigenvalue weighted by Gasteiger charge is -2.35. The second kappa shape index (κ2) is 9.34. The Morgan fingerprint density at radius 1 is 1.04 bits per heavy atom. The molecule has 0 spiro atoms. The van der Waals surface area contributed by atoms with Crippen LogP contribution in [0.1, 0.15) is 25.8 Å². The highest BCUT2D eigenvalue weighted by molar-refractivity contribution is 6.00. The molecule has 0 radical (unpaired) electrons.